The summed E-state index contributed by atoms with van der Waals surface area (Å²) in [7, 11) is -1.95. The van der Waals surface area contributed by atoms with Gasteiger partial charge in [0.15, 0.2) is 0 Å². The van der Waals surface area contributed by atoms with Gasteiger partial charge in [0.25, 0.3) is 0 Å². The maximum Gasteiger partial charge on any atom is 0.238 e. The number of hydrogen-bond donors (Lipinski definition) is 0. The highest BCUT2D eigenvalue weighted by Crippen LogP contribution is 2.18. The lowest BCUT2D eigenvalue weighted by Gasteiger charge is -2.36. The predicted octanol–water partition coefficient (Wildman–Crippen LogP) is 0.116. The molecule has 0 aromatic carbocycles. The first-order valence-corrected chi connectivity index (χ1v) is 10.5. The summed E-state index contributed by atoms with van der Waals surface area (Å²) in [6.45, 7) is 4.04. The Bertz CT molecular complexity index is 905. The zero-order chi connectivity index (χ0) is 19.6. The van der Waals surface area contributed by atoms with Gasteiger partial charge in [-0.1, -0.05) is 0 Å². The average molecular weight is 392 g/mol. The highest BCUT2D eigenvalue weighted by Gasteiger charge is 2.25. The molecule has 3 heterocycles. The van der Waals surface area contributed by atoms with Crippen LogP contribution in [-0.4, -0.2) is 84.1 Å². The maximum absolute atomic E-state index is 12.3. The molecule has 27 heavy (non-hydrogen) atoms. The smallest absolute Gasteiger partial charge is 0.238 e. The predicted molar refractivity (Wildman–Crippen MR) is 102 cm³/mol. The minimum absolute atomic E-state index is 0.136. The summed E-state index contributed by atoms with van der Waals surface area (Å²) in [6, 6.07) is 5.81. The quantitative estimate of drug-likeness (QED) is 0.718. The van der Waals surface area contributed by atoms with Crippen molar-refractivity contribution in [2.75, 3.05) is 50.9 Å². The van der Waals surface area contributed by atoms with Crippen molar-refractivity contribution in [3.8, 4) is 5.82 Å². The van der Waals surface area contributed by atoms with Gasteiger partial charge in [0.1, 0.15) is 17.5 Å². The summed E-state index contributed by atoms with van der Waals surface area (Å²) in [4.78, 5) is 25.1. The van der Waals surface area contributed by atoms with Crippen LogP contribution in [0, 0.1) is 6.92 Å². The number of aryl methyl sites for hydroxylation is 1. The lowest BCUT2D eigenvalue weighted by Crippen LogP contribution is -2.51. The van der Waals surface area contributed by atoms with Crippen LogP contribution in [0.15, 0.2) is 30.6 Å². The van der Waals surface area contributed by atoms with Gasteiger partial charge in [-0.2, -0.15) is 4.31 Å². The SMILES string of the molecule is Cc1nc(N2CCN(C(=O)CN(C)S(C)(=O)=O)CC2)cc(-n2cccc2)n1. The number of nitrogens with zero attached hydrogens (tertiary/aromatic N) is 6. The Kier molecular flexibility index (Phi) is 5.47. The minimum atomic E-state index is -3.37. The van der Waals surface area contributed by atoms with E-state index in [0.29, 0.717) is 32.0 Å². The van der Waals surface area contributed by atoms with E-state index in [0.717, 1.165) is 22.2 Å². The van der Waals surface area contributed by atoms with Crippen molar-refractivity contribution in [2.45, 2.75) is 6.92 Å². The summed E-state index contributed by atoms with van der Waals surface area (Å²) in [5.41, 5.74) is 0. The molecule has 146 valence electrons. The number of likely N-dealkylation sites (N-methyl/N-ethyl adjacent to an activating group) is 1. The van der Waals surface area contributed by atoms with Crippen molar-refractivity contribution < 1.29 is 13.2 Å². The van der Waals surface area contributed by atoms with Crippen LogP contribution in [0.4, 0.5) is 5.82 Å². The van der Waals surface area contributed by atoms with Crippen molar-refractivity contribution in [1.82, 2.24) is 23.7 Å². The van der Waals surface area contributed by atoms with E-state index in [9.17, 15) is 13.2 Å². The van der Waals surface area contributed by atoms with Crippen LogP contribution in [0.25, 0.3) is 5.82 Å². The molecule has 0 aliphatic carbocycles. The largest absolute Gasteiger partial charge is 0.353 e. The second-order valence-corrected chi connectivity index (χ2v) is 8.70. The molecule has 10 heteroatoms. The summed E-state index contributed by atoms with van der Waals surface area (Å²) >= 11 is 0. The number of aromatic nitrogens is 3. The molecule has 9 nitrogen and oxygen atoms in total. The molecule has 1 aliphatic rings. The first-order valence-electron chi connectivity index (χ1n) is 8.67. The molecule has 1 fully saturated rings. The molecule has 3 rings (SSSR count). The van der Waals surface area contributed by atoms with Gasteiger partial charge in [-0.25, -0.2) is 18.4 Å². The summed E-state index contributed by atoms with van der Waals surface area (Å²) in [6.07, 6.45) is 4.96. The van der Waals surface area contributed by atoms with Gasteiger partial charge in [0.2, 0.25) is 15.9 Å². The van der Waals surface area contributed by atoms with E-state index in [-0.39, 0.29) is 12.5 Å². The van der Waals surface area contributed by atoms with Crippen LogP contribution in [0.5, 0.6) is 0 Å². The standard InChI is InChI=1S/C17H24N6O3S/c1-14-18-15(21-6-4-5-7-21)12-16(19-14)22-8-10-23(11-9-22)17(24)13-20(2)27(3,25)26/h4-7,12H,8-11,13H2,1-3H3. The van der Waals surface area contributed by atoms with Gasteiger partial charge >= 0.3 is 0 Å². The molecule has 0 unspecified atom stereocenters. The monoisotopic (exact) mass is 392 g/mol. The number of sulfonamides is 1. The Morgan fingerprint density at radius 1 is 1.11 bits per heavy atom. The highest BCUT2D eigenvalue weighted by molar-refractivity contribution is 7.88. The third-order valence-electron chi connectivity index (χ3n) is 4.56. The third kappa shape index (κ3) is 4.64. The lowest BCUT2D eigenvalue weighted by molar-refractivity contribution is -0.131. The Hall–Kier alpha value is -2.46. The van der Waals surface area contributed by atoms with Crippen molar-refractivity contribution in [3.63, 3.8) is 0 Å². The molecule has 0 saturated carbocycles. The molecule has 0 atom stereocenters. The molecule has 2 aromatic heterocycles. The van der Waals surface area contributed by atoms with E-state index in [1.54, 1.807) is 4.90 Å². The van der Waals surface area contributed by atoms with E-state index in [2.05, 4.69) is 14.9 Å². The number of hydrogen-bond acceptors (Lipinski definition) is 6. The van der Waals surface area contributed by atoms with E-state index in [1.807, 2.05) is 42.1 Å². The van der Waals surface area contributed by atoms with Crippen LogP contribution in [-0.2, 0) is 14.8 Å². The molecular formula is C17H24N6O3S. The molecule has 1 aliphatic heterocycles. The van der Waals surface area contributed by atoms with Crippen molar-refractivity contribution in [2.24, 2.45) is 0 Å². The Labute approximate surface area is 159 Å². The van der Waals surface area contributed by atoms with E-state index < -0.39 is 10.0 Å². The van der Waals surface area contributed by atoms with E-state index >= 15 is 0 Å². The van der Waals surface area contributed by atoms with Gasteiger partial charge in [0.05, 0.1) is 12.8 Å². The first-order chi connectivity index (χ1) is 12.7. The zero-order valence-corrected chi connectivity index (χ0v) is 16.6. The molecule has 0 N–H and O–H groups in total. The Morgan fingerprint density at radius 3 is 2.30 bits per heavy atom. The number of rotatable bonds is 5. The number of piperazine rings is 1. The normalized spacial score (nSPS) is 15.4. The van der Waals surface area contributed by atoms with Crippen LogP contribution in [0.2, 0.25) is 0 Å². The van der Waals surface area contributed by atoms with Gasteiger partial charge in [-0.05, 0) is 19.1 Å². The van der Waals surface area contributed by atoms with Crippen LogP contribution in [0.1, 0.15) is 5.82 Å². The fourth-order valence-corrected chi connectivity index (χ4v) is 3.26. The van der Waals surface area contributed by atoms with Gasteiger partial charge in [-0.15, -0.1) is 0 Å². The fraction of sp³-hybridized carbons (Fsp3) is 0.471. The summed E-state index contributed by atoms with van der Waals surface area (Å²) in [5, 5.41) is 0. The maximum atomic E-state index is 12.3. The zero-order valence-electron chi connectivity index (χ0n) is 15.7. The average Bonchev–Trinajstić information content (AvgIpc) is 3.15. The van der Waals surface area contributed by atoms with Gasteiger partial charge in [0, 0.05) is 51.7 Å². The topological polar surface area (TPSA) is 91.6 Å². The van der Waals surface area contributed by atoms with Crippen LogP contribution >= 0.6 is 0 Å². The van der Waals surface area contributed by atoms with Crippen LogP contribution in [0.3, 0.4) is 0 Å². The summed E-state index contributed by atoms with van der Waals surface area (Å²) in [5.74, 6) is 2.13. The highest BCUT2D eigenvalue weighted by atomic mass is 32.2. The second-order valence-electron chi connectivity index (χ2n) is 6.61. The second kappa shape index (κ2) is 7.65. The number of anilines is 1. The molecule has 1 saturated heterocycles. The minimum Gasteiger partial charge on any atom is -0.353 e. The third-order valence-corrected chi connectivity index (χ3v) is 5.82. The van der Waals surface area contributed by atoms with Gasteiger partial charge in [-0.3, -0.25) is 4.79 Å². The molecule has 0 bridgehead atoms. The summed E-state index contributed by atoms with van der Waals surface area (Å²) < 4.78 is 26.0. The molecule has 2 aromatic rings. The van der Waals surface area contributed by atoms with Crippen molar-refractivity contribution in [1.29, 1.82) is 0 Å². The molecule has 0 radical (unpaired) electrons. The fourth-order valence-electron chi connectivity index (χ4n) is 2.91. The molecule has 1 amide bonds. The number of carbonyl (C=O) groups excluding carboxylic acids is 1. The van der Waals surface area contributed by atoms with Crippen molar-refractivity contribution >= 4 is 21.7 Å². The molecular weight excluding hydrogens is 368 g/mol. The number of carbonyl (C=O) groups is 1. The van der Waals surface area contributed by atoms with E-state index in [1.165, 1.54) is 7.05 Å². The Morgan fingerprint density at radius 2 is 1.70 bits per heavy atom. The lowest BCUT2D eigenvalue weighted by atomic mass is 10.3. The number of amides is 1. The Balaban J connectivity index is 1.65. The van der Waals surface area contributed by atoms with Crippen molar-refractivity contribution in [3.05, 3.63) is 36.4 Å². The van der Waals surface area contributed by atoms with E-state index in [4.69, 9.17) is 0 Å². The van der Waals surface area contributed by atoms with Crippen LogP contribution < -0.4 is 4.90 Å². The molecule has 0 spiro atoms. The van der Waals surface area contributed by atoms with Gasteiger partial charge < -0.3 is 14.4 Å². The first kappa shape index (κ1) is 19.3.